The zero-order valence-corrected chi connectivity index (χ0v) is 11.8. The highest BCUT2D eigenvalue weighted by Gasteiger charge is 2.75. The molecule has 0 radical (unpaired) electrons. The molecule has 6 atom stereocenters. The summed E-state index contributed by atoms with van der Waals surface area (Å²) in [7, 11) is 0. The minimum atomic E-state index is -0.392. The van der Waals surface area contributed by atoms with Crippen LogP contribution >= 0.6 is 0 Å². The number of epoxide rings is 1. The van der Waals surface area contributed by atoms with E-state index in [2.05, 4.69) is 13.8 Å². The molecular weight excluding hydrogens is 260 g/mol. The Morgan fingerprint density at radius 2 is 2.20 bits per heavy atom. The summed E-state index contributed by atoms with van der Waals surface area (Å²) in [4.78, 5) is 11.8. The highest BCUT2D eigenvalue weighted by Crippen LogP contribution is 2.68. The predicted octanol–water partition coefficient (Wildman–Crippen LogP) is 0.539. The number of carbonyl (C=O) groups is 1. The summed E-state index contributed by atoms with van der Waals surface area (Å²) in [6, 6.07) is 0. The molecule has 4 rings (SSSR count). The molecule has 0 aromatic heterocycles. The molecule has 2 saturated carbocycles. The van der Waals surface area contributed by atoms with Crippen molar-refractivity contribution in [1.82, 2.24) is 0 Å². The lowest BCUT2D eigenvalue weighted by atomic mass is 9.53. The quantitative estimate of drug-likeness (QED) is 0.541. The lowest BCUT2D eigenvalue weighted by Gasteiger charge is -2.50. The number of ether oxygens (including phenoxy) is 2. The number of hydrogen-bond donors (Lipinski definition) is 2. The van der Waals surface area contributed by atoms with E-state index in [0.29, 0.717) is 24.8 Å². The molecule has 0 aromatic carbocycles. The van der Waals surface area contributed by atoms with Crippen LogP contribution in [0.5, 0.6) is 0 Å². The van der Waals surface area contributed by atoms with Gasteiger partial charge in [0.1, 0.15) is 11.7 Å². The van der Waals surface area contributed by atoms with Gasteiger partial charge in [-0.3, -0.25) is 0 Å². The van der Waals surface area contributed by atoms with Gasteiger partial charge < -0.3 is 19.7 Å². The maximum absolute atomic E-state index is 11.8. The van der Waals surface area contributed by atoms with E-state index in [1.165, 1.54) is 0 Å². The van der Waals surface area contributed by atoms with Crippen LogP contribution in [0.25, 0.3) is 0 Å². The zero-order chi connectivity index (χ0) is 14.3. The van der Waals surface area contributed by atoms with Gasteiger partial charge in [0.25, 0.3) is 0 Å². The predicted molar refractivity (Wildman–Crippen MR) is 68.7 cm³/mol. The fourth-order valence-corrected chi connectivity index (χ4v) is 4.74. The molecule has 1 spiro atoms. The first-order chi connectivity index (χ1) is 9.43. The standard InChI is InChI=1S/C15H20O5/c1-7-10(17)3-12-15(20-12)5-11-8(4-14(7,15)2)9(6-16)13(18)19-11/h7,10-12,16-17H,3-6H2,1-2H3/t7-,10-,11+,12-,14+,15-/m0/s1. The van der Waals surface area contributed by atoms with Crippen molar-refractivity contribution in [3.05, 3.63) is 11.1 Å². The number of carbonyl (C=O) groups excluding carboxylic acids is 1. The van der Waals surface area contributed by atoms with Crippen LogP contribution in [0.1, 0.15) is 33.1 Å². The highest BCUT2D eigenvalue weighted by molar-refractivity contribution is 5.92. The molecule has 110 valence electrons. The minimum absolute atomic E-state index is 0.0807. The third-order valence-corrected chi connectivity index (χ3v) is 6.30. The molecule has 2 aliphatic heterocycles. The van der Waals surface area contributed by atoms with Crippen molar-refractivity contribution in [2.45, 2.75) is 57.0 Å². The van der Waals surface area contributed by atoms with Gasteiger partial charge in [-0.2, -0.15) is 0 Å². The fraction of sp³-hybridized carbons (Fsp3) is 0.800. The minimum Gasteiger partial charge on any atom is -0.454 e. The van der Waals surface area contributed by atoms with Crippen molar-refractivity contribution >= 4 is 5.97 Å². The zero-order valence-electron chi connectivity index (χ0n) is 11.8. The molecule has 5 nitrogen and oxygen atoms in total. The first-order valence-corrected chi connectivity index (χ1v) is 7.32. The molecule has 4 aliphatic rings. The summed E-state index contributed by atoms with van der Waals surface area (Å²) in [5.74, 6) is -0.290. The van der Waals surface area contributed by atoms with Crippen LogP contribution < -0.4 is 0 Å². The summed E-state index contributed by atoms with van der Waals surface area (Å²) in [6.45, 7) is 3.93. The van der Waals surface area contributed by atoms with Gasteiger partial charge in [-0.15, -0.1) is 0 Å². The molecule has 1 saturated heterocycles. The van der Waals surface area contributed by atoms with Crippen molar-refractivity contribution in [3.63, 3.8) is 0 Å². The Labute approximate surface area is 117 Å². The number of hydrogen-bond acceptors (Lipinski definition) is 5. The third-order valence-electron chi connectivity index (χ3n) is 6.30. The van der Waals surface area contributed by atoms with Gasteiger partial charge in [-0.1, -0.05) is 13.8 Å². The van der Waals surface area contributed by atoms with E-state index in [0.717, 1.165) is 5.57 Å². The van der Waals surface area contributed by atoms with Crippen LogP contribution in [-0.2, 0) is 14.3 Å². The molecular formula is C15H20O5. The Morgan fingerprint density at radius 3 is 2.90 bits per heavy atom. The highest BCUT2D eigenvalue weighted by atomic mass is 16.6. The van der Waals surface area contributed by atoms with Gasteiger partial charge in [0, 0.05) is 18.3 Å². The maximum atomic E-state index is 11.8. The van der Waals surface area contributed by atoms with Crippen LogP contribution in [-0.4, -0.2) is 46.7 Å². The Hall–Kier alpha value is -0.910. The van der Waals surface area contributed by atoms with Crippen molar-refractivity contribution in [3.8, 4) is 0 Å². The van der Waals surface area contributed by atoms with Crippen LogP contribution in [0.4, 0.5) is 0 Å². The molecule has 5 heteroatoms. The summed E-state index contributed by atoms with van der Waals surface area (Å²) >= 11 is 0. The van der Waals surface area contributed by atoms with E-state index in [-0.39, 0.29) is 41.9 Å². The number of esters is 1. The van der Waals surface area contributed by atoms with Crippen LogP contribution in [0.2, 0.25) is 0 Å². The third kappa shape index (κ3) is 1.27. The molecule has 2 N–H and O–H groups in total. The van der Waals surface area contributed by atoms with Crippen molar-refractivity contribution in [2.24, 2.45) is 11.3 Å². The second-order valence-corrected chi connectivity index (χ2v) is 6.94. The largest absolute Gasteiger partial charge is 0.454 e. The average molecular weight is 280 g/mol. The lowest BCUT2D eigenvalue weighted by Crippen LogP contribution is -2.55. The number of fused-ring (bicyclic) bond motifs is 1. The van der Waals surface area contributed by atoms with Crippen LogP contribution in [0.3, 0.4) is 0 Å². The van der Waals surface area contributed by atoms with E-state index in [9.17, 15) is 15.0 Å². The van der Waals surface area contributed by atoms with Gasteiger partial charge in [-0.25, -0.2) is 4.79 Å². The Balaban J connectivity index is 1.78. The Morgan fingerprint density at radius 1 is 1.45 bits per heavy atom. The summed E-state index contributed by atoms with van der Waals surface area (Å²) in [6.07, 6.45) is 1.46. The van der Waals surface area contributed by atoms with Crippen LogP contribution in [0.15, 0.2) is 11.1 Å². The number of rotatable bonds is 1. The smallest absolute Gasteiger partial charge is 0.337 e. The number of aliphatic hydroxyl groups excluding tert-OH is 2. The molecule has 3 fully saturated rings. The first kappa shape index (κ1) is 12.8. The van der Waals surface area contributed by atoms with Gasteiger partial charge in [-0.05, 0) is 17.9 Å². The molecule has 2 heterocycles. The van der Waals surface area contributed by atoms with Crippen molar-refractivity contribution < 1.29 is 24.5 Å². The SMILES string of the molecule is C[C@H]1[C@@H](O)C[C@@H]2O[C@@]23C[C@H]2OC(=O)C(CO)=C2C[C@]13C. The molecule has 0 unspecified atom stereocenters. The Kier molecular flexibility index (Phi) is 2.33. The van der Waals surface area contributed by atoms with E-state index in [1.54, 1.807) is 0 Å². The van der Waals surface area contributed by atoms with Crippen molar-refractivity contribution in [1.29, 1.82) is 0 Å². The van der Waals surface area contributed by atoms with Gasteiger partial charge in [0.2, 0.25) is 0 Å². The van der Waals surface area contributed by atoms with E-state index in [1.807, 2.05) is 0 Å². The van der Waals surface area contributed by atoms with Gasteiger partial charge in [0.15, 0.2) is 0 Å². The molecule has 2 aliphatic carbocycles. The van der Waals surface area contributed by atoms with Gasteiger partial charge >= 0.3 is 5.97 Å². The second kappa shape index (κ2) is 3.64. The molecule has 20 heavy (non-hydrogen) atoms. The number of aliphatic hydroxyl groups is 2. The van der Waals surface area contributed by atoms with Crippen LogP contribution in [0, 0.1) is 11.3 Å². The fourth-order valence-electron chi connectivity index (χ4n) is 4.74. The monoisotopic (exact) mass is 280 g/mol. The second-order valence-electron chi connectivity index (χ2n) is 6.94. The topological polar surface area (TPSA) is 79.3 Å². The first-order valence-electron chi connectivity index (χ1n) is 7.32. The summed E-state index contributed by atoms with van der Waals surface area (Å²) < 4.78 is 11.4. The normalized spacial score (nSPS) is 53.1. The van der Waals surface area contributed by atoms with Crippen molar-refractivity contribution in [2.75, 3.05) is 6.61 Å². The summed E-state index contributed by atoms with van der Waals surface area (Å²) in [5.41, 5.74) is 0.872. The summed E-state index contributed by atoms with van der Waals surface area (Å²) in [5, 5.41) is 19.7. The molecule has 0 amide bonds. The van der Waals surface area contributed by atoms with E-state index in [4.69, 9.17) is 9.47 Å². The molecule has 0 bridgehead atoms. The van der Waals surface area contributed by atoms with Gasteiger partial charge in [0.05, 0.1) is 24.4 Å². The lowest BCUT2D eigenvalue weighted by molar-refractivity contribution is -0.143. The Bertz CT molecular complexity index is 526. The van der Waals surface area contributed by atoms with E-state index >= 15 is 0 Å². The maximum Gasteiger partial charge on any atom is 0.337 e. The molecule has 0 aromatic rings. The van der Waals surface area contributed by atoms with E-state index < -0.39 is 5.97 Å². The average Bonchev–Trinajstić information content (AvgIpc) is 2.99.